The van der Waals surface area contributed by atoms with Crippen LogP contribution in [0.25, 0.3) is 173 Å². The van der Waals surface area contributed by atoms with E-state index >= 15 is 0 Å². The van der Waals surface area contributed by atoms with Gasteiger partial charge in [-0.2, -0.15) is 0 Å². The molecular weight excluding hydrogens is 1710 g/mol. The molecule has 18 aromatic carbocycles. The Kier molecular flexibility index (Phi) is 27.8. The number of hydrogen-bond acceptors (Lipinski definition) is 5. The van der Waals surface area contributed by atoms with Crippen molar-refractivity contribution in [1.29, 1.82) is 0 Å². The highest BCUT2D eigenvalue weighted by atomic mass is 32.1. The van der Waals surface area contributed by atoms with Gasteiger partial charge in [0, 0.05) is 48.8 Å². The van der Waals surface area contributed by atoms with Crippen LogP contribution < -0.4 is 9.80 Å². The summed E-state index contributed by atoms with van der Waals surface area (Å²) in [5.74, 6) is 0. The van der Waals surface area contributed by atoms with Gasteiger partial charge in [0.1, 0.15) is 0 Å². The van der Waals surface area contributed by atoms with Crippen molar-refractivity contribution in [3.05, 3.63) is 572 Å². The first-order valence-corrected chi connectivity index (χ1v) is 48.9. The Morgan fingerprint density at radius 1 is 0.109 bits per heavy atom. The van der Waals surface area contributed by atoms with Crippen molar-refractivity contribution in [3.8, 4) is 100 Å². The largest absolute Gasteiger partial charge is 0.311 e. The predicted octanol–water partition coefficient (Wildman–Crippen LogP) is 38.5. The number of thiophene rings is 3. The molecule has 5 heteroatoms. The van der Waals surface area contributed by atoms with E-state index < -0.39 is 0 Å². The molecule has 0 spiro atoms. The summed E-state index contributed by atoms with van der Waals surface area (Å²) in [4.78, 5) is 8.46. The van der Waals surface area contributed by atoms with Gasteiger partial charge in [0.15, 0.2) is 0 Å². The smallest absolute Gasteiger partial charge is 0.0462 e. The number of nitrogens with zero attached hydrogens (tertiary/aromatic N) is 2. The normalized spacial score (nSPS) is 11.5. The average molecular weight is 1810 g/mol. The molecule has 0 radical (unpaired) electrons. The first-order valence-electron chi connectivity index (χ1n) is 46.3. The highest BCUT2D eigenvalue weighted by Crippen LogP contribution is 2.42. The minimum Gasteiger partial charge on any atom is -0.311 e. The van der Waals surface area contributed by atoms with Crippen LogP contribution in [-0.2, 0) is 0 Å². The standard InChI is InChI=1S/C78H57N.C54H39NS3/c1-4-10-64(11-5-1)67-34-22-58(23-35-67)16-19-61-28-40-70(41-29-61)73-46-52-76(53-47-73)79(77-54-48-74(49-55-77)71-42-30-62(31-43-71)20-17-59-24-36-68(37-25-59)65-12-6-2-7-13-65)78-56-50-75(51-57-78)72-44-32-63(33-45-72)21-18-60-26-38-69(39-27-60)66-14-8-3-9-15-66;1-4-52(56-37-1)34-13-40-7-16-43(17-8-40)46-22-28-49(29-23-46)55(50-30-24-47(25-31-50)44-18-9-41(10-19-44)14-35-53-5-2-38-57-53)51-32-26-48(27-33-51)45-20-11-42(12-21-45)15-36-54-6-3-39-58-54/h1-57H;1-39H/b19-16+,20-17+,21-18+;34-13+,35-14+,36-15+. The Morgan fingerprint density at radius 3 is 0.365 bits per heavy atom. The summed E-state index contributed by atoms with van der Waals surface area (Å²) in [6, 6.07) is 177. The maximum atomic E-state index is 2.35. The molecular formula is C132H96N2S3. The third-order valence-electron chi connectivity index (χ3n) is 24.6. The van der Waals surface area contributed by atoms with Crippen LogP contribution in [0.4, 0.5) is 34.1 Å². The summed E-state index contributed by atoms with van der Waals surface area (Å²) in [7, 11) is 0. The molecule has 0 atom stereocenters. The Labute approximate surface area is 816 Å². The average Bonchev–Trinajstić information content (AvgIpc) is 1.10. The van der Waals surface area contributed by atoms with Crippen LogP contribution in [-0.4, -0.2) is 0 Å². The SMILES string of the molecule is C(=C\c1ccc(-c2ccc(N(c3ccc(-c4ccc(/C=C/c5ccc(-c6ccccc6)cc5)cc4)cc3)c3ccc(-c4ccc(/C=C/c5ccc(-c6ccccc6)cc5)cc4)cc3)cc2)cc1)/c1ccc(-c2ccccc2)cc1.C(=C\c1cccs1)/c1ccc(-c2ccc(N(c3ccc(-c4ccc(/C=C/c5cccs5)cc4)cc3)c3ccc(-c4ccc(/C=C/c5cccs5)cc4)cc3)cc2)cc1. The third-order valence-corrected chi connectivity index (χ3v) is 27.1. The van der Waals surface area contributed by atoms with E-state index in [4.69, 9.17) is 0 Å². The van der Waals surface area contributed by atoms with E-state index in [0.717, 1.165) is 50.8 Å². The highest BCUT2D eigenvalue weighted by Gasteiger charge is 2.18. The zero-order valence-corrected chi connectivity index (χ0v) is 78.0. The van der Waals surface area contributed by atoms with Gasteiger partial charge in [-0.3, -0.25) is 0 Å². The van der Waals surface area contributed by atoms with Gasteiger partial charge in [-0.15, -0.1) is 34.0 Å². The molecule has 652 valence electrons. The molecule has 0 aliphatic carbocycles. The summed E-state index contributed by atoms with van der Waals surface area (Å²) < 4.78 is 0. The van der Waals surface area contributed by atoms with Crippen molar-refractivity contribution in [2.24, 2.45) is 0 Å². The molecule has 0 aliphatic heterocycles. The monoisotopic (exact) mass is 1800 g/mol. The molecule has 0 bridgehead atoms. The molecule has 21 aromatic rings. The van der Waals surface area contributed by atoms with Crippen LogP contribution in [0.2, 0.25) is 0 Å². The van der Waals surface area contributed by atoms with Crippen molar-refractivity contribution in [1.82, 2.24) is 0 Å². The fraction of sp³-hybridized carbons (Fsp3) is 0. The molecule has 0 unspecified atom stereocenters. The van der Waals surface area contributed by atoms with Crippen molar-refractivity contribution >= 4 is 141 Å². The lowest BCUT2D eigenvalue weighted by atomic mass is 10.0. The van der Waals surface area contributed by atoms with Gasteiger partial charge in [0.2, 0.25) is 0 Å². The molecule has 0 amide bonds. The van der Waals surface area contributed by atoms with Crippen LogP contribution in [0.3, 0.4) is 0 Å². The second-order valence-electron chi connectivity index (χ2n) is 33.7. The number of anilines is 6. The van der Waals surface area contributed by atoms with Gasteiger partial charge in [-0.05, 0) is 276 Å². The highest BCUT2D eigenvalue weighted by molar-refractivity contribution is 7.11. The van der Waals surface area contributed by atoms with E-state index in [-0.39, 0.29) is 0 Å². The summed E-state index contributed by atoms with van der Waals surface area (Å²) >= 11 is 5.25. The molecule has 0 saturated heterocycles. The van der Waals surface area contributed by atoms with Crippen LogP contribution >= 0.6 is 34.0 Å². The van der Waals surface area contributed by atoms with E-state index in [1.54, 1.807) is 34.0 Å². The fourth-order valence-corrected chi connectivity index (χ4v) is 18.8. The second kappa shape index (κ2) is 43.2. The second-order valence-corrected chi connectivity index (χ2v) is 36.6. The van der Waals surface area contributed by atoms with Crippen LogP contribution in [0.15, 0.2) is 508 Å². The minimum absolute atomic E-state index is 1.08. The summed E-state index contributed by atoms with van der Waals surface area (Å²) in [6.07, 6.45) is 26.1. The molecule has 3 heterocycles. The first kappa shape index (κ1) is 88.0. The number of benzene rings is 18. The maximum absolute atomic E-state index is 2.35. The molecule has 137 heavy (non-hydrogen) atoms. The van der Waals surface area contributed by atoms with E-state index in [9.17, 15) is 0 Å². The molecule has 0 N–H and O–H groups in total. The van der Waals surface area contributed by atoms with Crippen molar-refractivity contribution in [2.75, 3.05) is 9.80 Å². The zero-order chi connectivity index (χ0) is 91.9. The quantitative estimate of drug-likeness (QED) is 0.0474. The Hall–Kier alpha value is -16.9. The van der Waals surface area contributed by atoms with E-state index in [1.807, 2.05) is 0 Å². The van der Waals surface area contributed by atoms with Gasteiger partial charge in [-0.25, -0.2) is 0 Å². The molecule has 3 aromatic heterocycles. The minimum atomic E-state index is 1.08. The van der Waals surface area contributed by atoms with Gasteiger partial charge < -0.3 is 9.80 Å². The molecule has 0 saturated carbocycles. The number of rotatable bonds is 27. The molecule has 0 aliphatic rings. The van der Waals surface area contributed by atoms with Gasteiger partial charge in [-0.1, -0.05) is 455 Å². The van der Waals surface area contributed by atoms with E-state index in [0.29, 0.717) is 0 Å². The van der Waals surface area contributed by atoms with Crippen molar-refractivity contribution < 1.29 is 0 Å². The molecule has 2 nitrogen and oxygen atoms in total. The lowest BCUT2D eigenvalue weighted by molar-refractivity contribution is 1.28. The van der Waals surface area contributed by atoms with Gasteiger partial charge in [0.25, 0.3) is 0 Å². The summed E-state index contributed by atoms with van der Waals surface area (Å²) in [5, 5.41) is 6.32. The third kappa shape index (κ3) is 22.7. The molecule has 0 fully saturated rings. The maximum Gasteiger partial charge on any atom is 0.0462 e. The van der Waals surface area contributed by atoms with Crippen LogP contribution in [0.5, 0.6) is 0 Å². The zero-order valence-electron chi connectivity index (χ0n) is 75.5. The van der Waals surface area contributed by atoms with Crippen LogP contribution in [0, 0.1) is 0 Å². The first-order chi connectivity index (χ1) is 67.8. The van der Waals surface area contributed by atoms with Gasteiger partial charge in [0.05, 0.1) is 0 Å². The Morgan fingerprint density at radius 2 is 0.234 bits per heavy atom. The fourth-order valence-electron chi connectivity index (χ4n) is 17.0. The van der Waals surface area contributed by atoms with Gasteiger partial charge >= 0.3 is 0 Å². The van der Waals surface area contributed by atoms with Crippen molar-refractivity contribution in [2.45, 2.75) is 0 Å². The predicted molar refractivity (Wildman–Crippen MR) is 597 cm³/mol. The Bertz CT molecular complexity index is 6890. The number of hydrogen-bond donors (Lipinski definition) is 0. The van der Waals surface area contributed by atoms with Crippen molar-refractivity contribution in [3.63, 3.8) is 0 Å². The Balaban J connectivity index is 0.000000177. The summed E-state index contributed by atoms with van der Waals surface area (Å²) in [5.41, 5.74) is 38.6. The lowest BCUT2D eigenvalue weighted by Crippen LogP contribution is -2.09. The van der Waals surface area contributed by atoms with E-state index in [2.05, 4.69) is 590 Å². The topological polar surface area (TPSA) is 6.48 Å². The lowest BCUT2D eigenvalue weighted by Gasteiger charge is -2.26. The summed E-state index contributed by atoms with van der Waals surface area (Å²) in [6.45, 7) is 0. The molecule has 21 rings (SSSR count). The van der Waals surface area contributed by atoms with E-state index in [1.165, 1.54) is 148 Å². The van der Waals surface area contributed by atoms with Crippen LogP contribution in [0.1, 0.15) is 64.7 Å².